The molecule has 0 aromatic heterocycles. The second-order valence-electron chi connectivity index (χ2n) is 11.5. The lowest BCUT2D eigenvalue weighted by Crippen LogP contribution is -2.45. The summed E-state index contributed by atoms with van der Waals surface area (Å²) in [6.07, 6.45) is 0. The zero-order valence-electron chi connectivity index (χ0n) is 24.5. The molecule has 3 aliphatic rings. The van der Waals surface area contributed by atoms with Gasteiger partial charge in [0.15, 0.2) is 0 Å². The van der Waals surface area contributed by atoms with Crippen LogP contribution in [-0.4, -0.2) is 32.5 Å². The maximum atomic E-state index is 10.9. The number of ether oxygens (including phenoxy) is 3. The van der Waals surface area contributed by atoms with Crippen molar-refractivity contribution < 1.29 is 19.3 Å². The largest absolute Gasteiger partial charge is 0.497 e. The molecule has 2 atom stereocenters. The summed E-state index contributed by atoms with van der Waals surface area (Å²) >= 11 is 0. The van der Waals surface area contributed by atoms with Crippen LogP contribution in [0.15, 0.2) is 127 Å². The molecule has 3 aliphatic carbocycles. The second kappa shape index (κ2) is 11.4. The molecule has 216 valence electrons. The summed E-state index contributed by atoms with van der Waals surface area (Å²) in [5, 5.41) is 10.9. The molecule has 0 heterocycles. The van der Waals surface area contributed by atoms with Gasteiger partial charge in [-0.05, 0) is 75.0 Å². The standard InChI is InChI=1S/C39H36O4/c1-41-29-20-16-27(17-21-29)39(26-10-4-3-5-11-26,28-18-22-30(42-2)23-19-28)43-25-36-35(24-40)37-31-12-6-8-14-33(31)38(36)34-15-9-7-13-32(34)37/h3-23,35-38,40H,24-25H2,1-2H3/t35-,36-,37?,38?/m0/s1. The van der Waals surface area contributed by atoms with Crippen LogP contribution in [0.4, 0.5) is 0 Å². The first-order valence-electron chi connectivity index (χ1n) is 15.0. The monoisotopic (exact) mass is 568 g/mol. The summed E-state index contributed by atoms with van der Waals surface area (Å²) in [7, 11) is 3.37. The van der Waals surface area contributed by atoms with Gasteiger partial charge < -0.3 is 19.3 Å². The quantitative estimate of drug-likeness (QED) is 0.187. The van der Waals surface area contributed by atoms with Crippen molar-refractivity contribution in [3.63, 3.8) is 0 Å². The Labute approximate surface area is 253 Å². The van der Waals surface area contributed by atoms with Gasteiger partial charge in [0.1, 0.15) is 17.1 Å². The van der Waals surface area contributed by atoms with Gasteiger partial charge in [0.25, 0.3) is 0 Å². The van der Waals surface area contributed by atoms with E-state index in [2.05, 4.69) is 97.1 Å². The Morgan fingerprint density at radius 2 is 0.907 bits per heavy atom. The Morgan fingerprint density at radius 1 is 0.512 bits per heavy atom. The second-order valence-corrected chi connectivity index (χ2v) is 11.5. The third-order valence-electron chi connectivity index (χ3n) is 9.62. The molecule has 0 unspecified atom stereocenters. The number of benzene rings is 5. The van der Waals surface area contributed by atoms with Crippen molar-refractivity contribution in [3.05, 3.63) is 166 Å². The Balaban J connectivity index is 1.38. The number of rotatable bonds is 9. The van der Waals surface area contributed by atoms with Crippen LogP contribution in [0.1, 0.15) is 50.8 Å². The van der Waals surface area contributed by atoms with Gasteiger partial charge in [0.2, 0.25) is 0 Å². The molecule has 5 aromatic carbocycles. The lowest BCUT2D eigenvalue weighted by Gasteiger charge is -2.51. The van der Waals surface area contributed by atoms with Gasteiger partial charge in [-0.2, -0.15) is 0 Å². The first-order valence-corrected chi connectivity index (χ1v) is 15.0. The molecule has 2 bridgehead atoms. The molecule has 0 saturated heterocycles. The van der Waals surface area contributed by atoms with Gasteiger partial charge in [-0.15, -0.1) is 0 Å². The summed E-state index contributed by atoms with van der Waals surface area (Å²) < 4.78 is 18.4. The highest BCUT2D eigenvalue weighted by Crippen LogP contribution is 2.58. The summed E-state index contributed by atoms with van der Waals surface area (Å²) in [6.45, 7) is 0.559. The van der Waals surface area contributed by atoms with Crippen molar-refractivity contribution in [1.82, 2.24) is 0 Å². The molecule has 0 fully saturated rings. The first kappa shape index (κ1) is 27.5. The van der Waals surface area contributed by atoms with E-state index in [1.807, 2.05) is 30.3 Å². The fourth-order valence-corrected chi connectivity index (χ4v) is 7.66. The highest BCUT2D eigenvalue weighted by atomic mass is 16.5. The van der Waals surface area contributed by atoms with Crippen LogP contribution in [0, 0.1) is 11.8 Å². The van der Waals surface area contributed by atoms with Gasteiger partial charge in [-0.25, -0.2) is 0 Å². The van der Waals surface area contributed by atoms with Crippen molar-refractivity contribution in [2.45, 2.75) is 17.4 Å². The Morgan fingerprint density at radius 3 is 1.33 bits per heavy atom. The van der Waals surface area contributed by atoms with Gasteiger partial charge in [-0.1, -0.05) is 103 Å². The number of aliphatic hydroxyl groups is 1. The van der Waals surface area contributed by atoms with Crippen molar-refractivity contribution in [2.24, 2.45) is 11.8 Å². The number of methoxy groups -OCH3 is 2. The third-order valence-corrected chi connectivity index (χ3v) is 9.62. The van der Waals surface area contributed by atoms with Crippen molar-refractivity contribution in [3.8, 4) is 11.5 Å². The molecule has 8 rings (SSSR count). The number of aliphatic hydroxyl groups excluding tert-OH is 1. The molecule has 43 heavy (non-hydrogen) atoms. The van der Waals surface area contributed by atoms with Crippen molar-refractivity contribution >= 4 is 0 Å². The summed E-state index contributed by atoms with van der Waals surface area (Å²) in [5.74, 6) is 1.96. The number of hydrogen-bond acceptors (Lipinski definition) is 4. The zero-order chi connectivity index (χ0) is 29.4. The van der Waals surface area contributed by atoms with Gasteiger partial charge in [0.05, 0.1) is 20.8 Å². The molecular formula is C39H36O4. The SMILES string of the molecule is COc1ccc(C(OC[C@@H]2C3c4ccccc4C(c4ccccc43)[C@H]2CO)(c2ccccc2)c2ccc(OC)cc2)cc1. The highest BCUT2D eigenvalue weighted by molar-refractivity contribution is 5.57. The van der Waals surface area contributed by atoms with Gasteiger partial charge >= 0.3 is 0 Å². The lowest BCUT2D eigenvalue weighted by molar-refractivity contribution is -0.0368. The maximum absolute atomic E-state index is 10.9. The van der Waals surface area contributed by atoms with Gasteiger partial charge in [-0.3, -0.25) is 0 Å². The summed E-state index contributed by atoms with van der Waals surface area (Å²) in [5.41, 5.74) is 7.51. The molecule has 0 spiro atoms. The fraction of sp³-hybridized carbons (Fsp3) is 0.231. The van der Waals surface area contributed by atoms with E-state index in [4.69, 9.17) is 14.2 Å². The number of hydrogen-bond donors (Lipinski definition) is 1. The van der Waals surface area contributed by atoms with Crippen LogP contribution in [0.3, 0.4) is 0 Å². The minimum absolute atomic E-state index is 0.0370. The van der Waals surface area contributed by atoms with E-state index in [0.29, 0.717) is 6.61 Å². The Hall–Kier alpha value is -4.38. The summed E-state index contributed by atoms with van der Waals surface area (Å²) in [6, 6.07) is 44.3. The molecule has 0 saturated carbocycles. The van der Waals surface area contributed by atoms with E-state index in [0.717, 1.165) is 28.2 Å². The smallest absolute Gasteiger partial charge is 0.143 e. The van der Waals surface area contributed by atoms with Crippen LogP contribution >= 0.6 is 0 Å². The minimum Gasteiger partial charge on any atom is -0.497 e. The molecule has 1 N–H and O–H groups in total. The van der Waals surface area contributed by atoms with Crippen LogP contribution in [0.2, 0.25) is 0 Å². The van der Waals surface area contributed by atoms with E-state index in [1.54, 1.807) is 14.2 Å². The average molecular weight is 569 g/mol. The van der Waals surface area contributed by atoms with E-state index in [1.165, 1.54) is 22.3 Å². The predicted molar refractivity (Wildman–Crippen MR) is 169 cm³/mol. The van der Waals surface area contributed by atoms with E-state index < -0.39 is 5.60 Å². The average Bonchev–Trinajstić information content (AvgIpc) is 3.09. The third kappa shape index (κ3) is 4.45. The number of fused-ring (bicyclic) bond motifs is 1. The minimum atomic E-state index is -0.907. The molecule has 4 nitrogen and oxygen atoms in total. The van der Waals surface area contributed by atoms with E-state index in [-0.39, 0.29) is 30.3 Å². The maximum Gasteiger partial charge on any atom is 0.143 e. The molecular weight excluding hydrogens is 532 g/mol. The molecule has 0 radical (unpaired) electrons. The predicted octanol–water partition coefficient (Wildman–Crippen LogP) is 7.53. The van der Waals surface area contributed by atoms with Crippen LogP contribution in [0.5, 0.6) is 11.5 Å². The topological polar surface area (TPSA) is 47.9 Å². The Kier molecular flexibility index (Phi) is 7.26. The van der Waals surface area contributed by atoms with Crippen LogP contribution in [0.25, 0.3) is 0 Å². The molecule has 4 heteroatoms. The summed E-state index contributed by atoms with van der Waals surface area (Å²) in [4.78, 5) is 0. The molecule has 5 aromatic rings. The van der Waals surface area contributed by atoms with Crippen LogP contribution < -0.4 is 9.47 Å². The van der Waals surface area contributed by atoms with Crippen LogP contribution in [-0.2, 0) is 10.3 Å². The molecule has 0 aliphatic heterocycles. The van der Waals surface area contributed by atoms with Crippen molar-refractivity contribution in [2.75, 3.05) is 27.4 Å². The first-order chi connectivity index (χ1) is 21.2. The fourth-order valence-electron chi connectivity index (χ4n) is 7.66. The van der Waals surface area contributed by atoms with Crippen molar-refractivity contribution in [1.29, 1.82) is 0 Å². The van der Waals surface area contributed by atoms with E-state index in [9.17, 15) is 5.11 Å². The highest BCUT2D eigenvalue weighted by Gasteiger charge is 2.50. The lowest BCUT2D eigenvalue weighted by atomic mass is 9.54. The zero-order valence-corrected chi connectivity index (χ0v) is 24.5. The molecule has 0 amide bonds. The Bertz CT molecular complexity index is 1600. The van der Waals surface area contributed by atoms with E-state index >= 15 is 0 Å². The van der Waals surface area contributed by atoms with Gasteiger partial charge in [0, 0.05) is 18.4 Å². The normalized spacial score (nSPS) is 20.3.